The van der Waals surface area contributed by atoms with Crippen LogP contribution in [0.15, 0.2) is 0 Å². The van der Waals surface area contributed by atoms with Gasteiger partial charge in [0.15, 0.2) is 33.3 Å². The molecular weight excluding hydrogens is 533 g/mol. The highest BCUT2D eigenvalue weighted by molar-refractivity contribution is 6.88. The van der Waals surface area contributed by atoms with E-state index in [9.17, 15) is 5.11 Å². The van der Waals surface area contributed by atoms with Crippen LogP contribution in [0.5, 0.6) is 0 Å². The highest BCUT2D eigenvalue weighted by Gasteiger charge is 2.49. The molecule has 0 amide bonds. The van der Waals surface area contributed by atoms with Crippen LogP contribution in [-0.4, -0.2) is 93.2 Å². The lowest BCUT2D eigenvalue weighted by molar-refractivity contribution is 0.00639. The van der Waals surface area contributed by atoms with Crippen molar-refractivity contribution >= 4 is 50.9 Å². The molecule has 206 valence electrons. The molecule has 0 heterocycles. The number of aliphatic hydroxyl groups excluding tert-OH is 2. The Hall–Kier alpha value is 1.02. The molecule has 13 heteroatoms. The Kier molecular flexibility index (Phi) is 15.3. The largest absolute Gasteiger partial charge is 0.479 e. The molecule has 1 unspecified atom stereocenters. The minimum absolute atomic E-state index is 0.180. The van der Waals surface area contributed by atoms with E-state index in [4.69, 9.17) is 26.6 Å². The Labute approximate surface area is 217 Å². The zero-order chi connectivity index (χ0) is 26.8. The van der Waals surface area contributed by atoms with Crippen molar-refractivity contribution in [3.63, 3.8) is 0 Å². The predicted octanol–water partition coefficient (Wildman–Crippen LogP) is 4.86. The first-order valence-corrected chi connectivity index (χ1v) is 30.9. The third-order valence-electron chi connectivity index (χ3n) is 4.73. The van der Waals surface area contributed by atoms with Gasteiger partial charge >= 0.3 is 8.80 Å². The van der Waals surface area contributed by atoms with E-state index >= 15 is 0 Å². The van der Waals surface area contributed by atoms with E-state index in [-0.39, 0.29) is 13.2 Å². The van der Waals surface area contributed by atoms with Crippen molar-refractivity contribution in [3.05, 3.63) is 0 Å². The Morgan fingerprint density at radius 2 is 1.24 bits per heavy atom. The van der Waals surface area contributed by atoms with Crippen LogP contribution < -0.4 is 0 Å². The Morgan fingerprint density at radius 1 is 0.735 bits per heavy atom. The van der Waals surface area contributed by atoms with Gasteiger partial charge in [0.05, 0.1) is 22.0 Å². The Balaban J connectivity index is 5.24. The summed E-state index contributed by atoms with van der Waals surface area (Å²) in [6.07, 6.45) is 0.907. The topological polar surface area (TPSA) is 86.6 Å². The lowest BCUT2D eigenvalue weighted by Gasteiger charge is -2.42. The van der Waals surface area contributed by atoms with Crippen LogP contribution in [0.4, 0.5) is 0 Å². The minimum atomic E-state index is -2.80. The van der Waals surface area contributed by atoms with Crippen molar-refractivity contribution in [2.45, 2.75) is 109 Å². The van der Waals surface area contributed by atoms with Gasteiger partial charge in [0, 0.05) is 18.9 Å². The Bertz CT molecular complexity index is 549. The third kappa shape index (κ3) is 18.3. The van der Waals surface area contributed by atoms with Gasteiger partial charge in [-0.1, -0.05) is 13.1 Å². The van der Waals surface area contributed by atoms with Gasteiger partial charge in [-0.25, -0.2) is 0 Å². The van der Waals surface area contributed by atoms with E-state index in [1.54, 1.807) is 0 Å². The van der Waals surface area contributed by atoms with E-state index < -0.39 is 57.0 Å². The second-order valence-corrected chi connectivity index (χ2v) is 37.2. The summed E-state index contributed by atoms with van der Waals surface area (Å²) in [4.78, 5) is 0. The van der Waals surface area contributed by atoms with E-state index in [1.807, 2.05) is 0 Å². The second-order valence-electron chi connectivity index (χ2n) is 13.0. The molecule has 0 radical (unpaired) electrons. The summed E-state index contributed by atoms with van der Waals surface area (Å²) < 4.78 is 32.6. The third-order valence-corrected chi connectivity index (χ3v) is 22.7. The molecule has 0 bridgehead atoms. The van der Waals surface area contributed by atoms with Crippen molar-refractivity contribution in [2.75, 3.05) is 26.1 Å². The van der Waals surface area contributed by atoms with Crippen molar-refractivity contribution in [2.24, 2.45) is 0 Å². The van der Waals surface area contributed by atoms with E-state index in [2.05, 4.69) is 78.6 Å². The van der Waals surface area contributed by atoms with Crippen molar-refractivity contribution < 1.29 is 31.7 Å². The predicted molar refractivity (Wildman–Crippen MR) is 158 cm³/mol. The van der Waals surface area contributed by atoms with Gasteiger partial charge in [-0.2, -0.15) is 0 Å². The molecule has 0 saturated carbocycles. The molecule has 0 aromatic rings. The summed E-state index contributed by atoms with van der Waals surface area (Å²) in [5.41, 5.74) is 0. The van der Waals surface area contributed by atoms with Crippen LogP contribution in [0.3, 0.4) is 0 Å². The molecular formula is C21H56O7Si6. The molecule has 1 atom stereocenters. The molecule has 0 aromatic heterocycles. The maximum Gasteiger partial charge on any atom is 0.479 e. The quantitative estimate of drug-likeness (QED) is 0.165. The number of aliphatic hydroxyl groups is 2. The monoisotopic (exact) mass is 588 g/mol. The van der Waals surface area contributed by atoms with Gasteiger partial charge in [0.25, 0.3) is 0 Å². The summed E-state index contributed by atoms with van der Waals surface area (Å²) in [5.74, 6) is 0. The van der Waals surface area contributed by atoms with Crippen molar-refractivity contribution in [3.8, 4) is 0 Å². The first-order chi connectivity index (χ1) is 15.2. The van der Waals surface area contributed by atoms with Crippen LogP contribution in [0.1, 0.15) is 6.42 Å². The van der Waals surface area contributed by atoms with Crippen LogP contribution in [-0.2, 0) is 21.5 Å². The van der Waals surface area contributed by atoms with Crippen molar-refractivity contribution in [1.82, 2.24) is 0 Å². The minimum Gasteiger partial charge on any atom is -0.456 e. The molecule has 34 heavy (non-hydrogen) atoms. The van der Waals surface area contributed by atoms with Gasteiger partial charge in [0.2, 0.25) is 0 Å². The second kappa shape index (κ2) is 14.8. The molecule has 0 aliphatic heterocycles. The van der Waals surface area contributed by atoms with Gasteiger partial charge in [0.1, 0.15) is 6.10 Å². The van der Waals surface area contributed by atoms with E-state index in [0.717, 1.165) is 30.8 Å². The number of rotatable bonds is 19. The lowest BCUT2D eigenvalue weighted by Crippen LogP contribution is -2.58. The summed E-state index contributed by atoms with van der Waals surface area (Å²) in [7, 11) is -11.3. The average molecular weight is 589 g/mol. The fourth-order valence-corrected chi connectivity index (χ4v) is 26.9. The first kappa shape index (κ1) is 35.0. The summed E-state index contributed by atoms with van der Waals surface area (Å²) in [6, 6.07) is 2.82. The molecule has 7 nitrogen and oxygen atoms in total. The van der Waals surface area contributed by atoms with Crippen LogP contribution in [0.2, 0.25) is 96.7 Å². The smallest absolute Gasteiger partial charge is 0.456 e. The van der Waals surface area contributed by atoms with E-state index in [0.29, 0.717) is 6.61 Å². The molecule has 0 saturated heterocycles. The number of hydrogen-bond donors (Lipinski definition) is 2. The molecule has 0 aliphatic rings. The highest BCUT2D eigenvalue weighted by Crippen LogP contribution is 2.32. The van der Waals surface area contributed by atoms with Crippen LogP contribution in [0.25, 0.3) is 0 Å². The fraction of sp³-hybridized carbons (Fsp3) is 1.00. The average Bonchev–Trinajstić information content (AvgIpc) is 2.61. The zero-order valence-electron chi connectivity index (χ0n) is 24.2. The maximum atomic E-state index is 9.40. The molecule has 0 spiro atoms. The van der Waals surface area contributed by atoms with Crippen molar-refractivity contribution in [1.29, 1.82) is 0 Å². The summed E-state index contributed by atoms with van der Waals surface area (Å²) >= 11 is 0. The summed E-state index contributed by atoms with van der Waals surface area (Å²) in [6.45, 7) is 27.7. The lowest BCUT2D eigenvalue weighted by atomic mass is 10.4. The number of ether oxygens (including phenoxy) is 1. The van der Waals surface area contributed by atoms with Crippen LogP contribution in [0, 0.1) is 0 Å². The Morgan fingerprint density at radius 3 is 1.68 bits per heavy atom. The normalized spacial score (nSPS) is 15.3. The summed E-state index contributed by atoms with van der Waals surface area (Å²) in [5, 5.41) is 18.3. The molecule has 0 aromatic carbocycles. The molecule has 0 fully saturated rings. The van der Waals surface area contributed by atoms with Gasteiger partial charge in [-0.3, -0.25) is 0 Å². The number of hydrogen-bond acceptors (Lipinski definition) is 7. The van der Waals surface area contributed by atoms with Gasteiger partial charge < -0.3 is 31.7 Å². The SMILES string of the molecule is C[SiH](C)CO[Si](CC[Si](C)(C)O[Si](C)(C)CCCOCC(O)CO)(O[Si](C)(C)C)O[Si](C)(C)C. The van der Waals surface area contributed by atoms with E-state index in [1.165, 1.54) is 0 Å². The highest BCUT2D eigenvalue weighted by atomic mass is 28.5. The van der Waals surface area contributed by atoms with Crippen LogP contribution >= 0.6 is 0 Å². The maximum absolute atomic E-state index is 9.40. The zero-order valence-corrected chi connectivity index (χ0v) is 30.4. The molecule has 0 aliphatic carbocycles. The molecule has 2 N–H and O–H groups in total. The van der Waals surface area contributed by atoms with Gasteiger partial charge in [-0.05, 0) is 84.0 Å². The fourth-order valence-electron chi connectivity index (χ4n) is 3.66. The molecule has 0 rings (SSSR count). The standard InChI is InChI=1S/C21H56O7Si6/c1-29(2)20-25-34(26-30(3,4)5,27-31(6,7)8)17-16-33(11,12)28-32(9,10)15-13-14-24-19-21(23)18-22/h21-23,29H,13-20H2,1-12H3. The first-order valence-electron chi connectivity index (χ1n) is 12.8. The van der Waals surface area contributed by atoms with Gasteiger partial charge in [-0.15, -0.1) is 0 Å².